The predicted octanol–water partition coefficient (Wildman–Crippen LogP) is 6.50. The summed E-state index contributed by atoms with van der Waals surface area (Å²) in [7, 11) is -1.83. The summed E-state index contributed by atoms with van der Waals surface area (Å²) < 4.78 is 27.6. The van der Waals surface area contributed by atoms with Gasteiger partial charge in [0, 0.05) is 23.2 Å². The van der Waals surface area contributed by atoms with Gasteiger partial charge < -0.3 is 28.3 Å². The Labute approximate surface area is 243 Å². The molecule has 3 aromatic rings. The first-order valence-corrected chi connectivity index (χ1v) is 17.4. The van der Waals surface area contributed by atoms with Crippen LogP contribution in [0.3, 0.4) is 0 Å². The normalized spacial score (nSPS) is 25.4. The summed E-state index contributed by atoms with van der Waals surface area (Å²) in [5.41, 5.74) is 3.41. The van der Waals surface area contributed by atoms with Gasteiger partial charge in [-0.05, 0) is 81.1 Å². The Morgan fingerprint density at radius 3 is 2.60 bits per heavy atom. The lowest BCUT2D eigenvalue weighted by Gasteiger charge is -2.36. The van der Waals surface area contributed by atoms with E-state index >= 15 is 0 Å². The zero-order valence-electron chi connectivity index (χ0n) is 24.8. The molecule has 2 aliphatic heterocycles. The number of rotatable bonds is 8. The van der Waals surface area contributed by atoms with Gasteiger partial charge in [-0.2, -0.15) is 0 Å². The molecule has 0 radical (unpaired) electrons. The number of aromatic nitrogens is 3. The van der Waals surface area contributed by atoms with Gasteiger partial charge in [-0.25, -0.2) is 9.97 Å². The molecule has 0 saturated carbocycles. The maximum absolute atomic E-state index is 11.8. The lowest BCUT2D eigenvalue weighted by Crippen LogP contribution is -2.41. The summed E-state index contributed by atoms with van der Waals surface area (Å²) in [6.07, 6.45) is 2.04. The molecule has 0 amide bonds. The van der Waals surface area contributed by atoms with E-state index in [9.17, 15) is 5.11 Å². The third-order valence-corrected chi connectivity index (χ3v) is 13.4. The van der Waals surface area contributed by atoms with E-state index in [0.717, 1.165) is 40.7 Å². The van der Waals surface area contributed by atoms with Crippen LogP contribution in [0.15, 0.2) is 36.8 Å². The minimum Gasteiger partial charge on any atom is -0.417 e. The molecule has 2 aromatic heterocycles. The number of aliphatic hydroxyl groups is 1. The molecule has 1 aromatic carbocycles. The van der Waals surface area contributed by atoms with Gasteiger partial charge in [0.2, 0.25) is 0 Å². The van der Waals surface area contributed by atoms with E-state index in [1.165, 1.54) is 0 Å². The lowest BCUT2D eigenvalue weighted by atomic mass is 9.93. The van der Waals surface area contributed by atoms with E-state index in [-0.39, 0.29) is 5.04 Å². The largest absolute Gasteiger partial charge is 0.417 e. The Morgan fingerprint density at radius 1 is 1.15 bits per heavy atom. The lowest BCUT2D eigenvalue weighted by molar-refractivity contribution is -0.207. The molecule has 5 atom stereocenters. The second kappa shape index (κ2) is 10.8. The van der Waals surface area contributed by atoms with Gasteiger partial charge in [0.1, 0.15) is 36.4 Å². The van der Waals surface area contributed by atoms with Gasteiger partial charge in [0.15, 0.2) is 20.3 Å². The average Bonchev–Trinajstić information content (AvgIpc) is 3.52. The quantitative estimate of drug-likeness (QED) is 0.238. The van der Waals surface area contributed by atoms with Gasteiger partial charge in [0.25, 0.3) is 0 Å². The number of ether oxygens (including phenoxy) is 3. The molecule has 218 valence electrons. The molecular weight excluding hydrogens is 546 g/mol. The van der Waals surface area contributed by atoms with Gasteiger partial charge in [-0.3, -0.25) is 0 Å². The Bertz CT molecular complexity index is 1370. The van der Waals surface area contributed by atoms with Crippen LogP contribution in [0.2, 0.25) is 23.2 Å². The zero-order chi connectivity index (χ0) is 29.0. The summed E-state index contributed by atoms with van der Waals surface area (Å²) >= 11 is 6.41. The summed E-state index contributed by atoms with van der Waals surface area (Å²) in [6, 6.07) is 7.63. The number of halogens is 1. The fraction of sp³-hybridized carbons (Fsp3) is 0.600. The number of fused-ring (bicyclic) bond motifs is 2. The number of hydrogen-bond donors (Lipinski definition) is 1. The predicted molar refractivity (Wildman–Crippen MR) is 158 cm³/mol. The van der Waals surface area contributed by atoms with Crippen LogP contribution in [-0.2, 0) is 25.1 Å². The first kappa shape index (κ1) is 29.6. The third-order valence-electron chi connectivity index (χ3n) is 8.64. The van der Waals surface area contributed by atoms with Crippen LogP contribution in [0.4, 0.5) is 0 Å². The number of hydrogen-bond acceptors (Lipinski definition) is 7. The second-order valence-corrected chi connectivity index (χ2v) is 18.2. The van der Waals surface area contributed by atoms with Crippen molar-refractivity contribution in [1.29, 1.82) is 0 Å². The van der Waals surface area contributed by atoms with Crippen LogP contribution in [-0.4, -0.2) is 58.7 Å². The van der Waals surface area contributed by atoms with Gasteiger partial charge in [-0.1, -0.05) is 38.4 Å². The Hall–Kier alpha value is -1.85. The maximum atomic E-state index is 11.8. The second-order valence-electron chi connectivity index (χ2n) is 13.0. The number of benzene rings is 1. The summed E-state index contributed by atoms with van der Waals surface area (Å²) in [5.74, 6) is -0.812. The molecule has 40 heavy (non-hydrogen) atoms. The van der Waals surface area contributed by atoms with Crippen molar-refractivity contribution in [3.63, 3.8) is 0 Å². The molecule has 2 fully saturated rings. The molecule has 0 bridgehead atoms. The van der Waals surface area contributed by atoms with Gasteiger partial charge >= 0.3 is 0 Å². The van der Waals surface area contributed by atoms with Crippen molar-refractivity contribution in [2.24, 2.45) is 0 Å². The van der Waals surface area contributed by atoms with E-state index in [1.807, 2.05) is 55.8 Å². The molecule has 2 aliphatic rings. The molecular formula is C30H42ClN3O5Si. The minimum atomic E-state index is -1.83. The zero-order valence-corrected chi connectivity index (χ0v) is 26.5. The molecule has 1 N–H and O–H groups in total. The molecule has 0 unspecified atom stereocenters. The number of nitrogens with zero attached hydrogens (tertiary/aromatic N) is 3. The number of aliphatic hydroxyl groups excluding tert-OH is 1. The highest BCUT2D eigenvalue weighted by molar-refractivity contribution is 6.74. The van der Waals surface area contributed by atoms with E-state index < -0.39 is 44.7 Å². The maximum Gasteiger partial charge on any atom is 0.191 e. The third kappa shape index (κ3) is 5.62. The number of aryl methyl sites for hydroxylation is 2. The van der Waals surface area contributed by atoms with Gasteiger partial charge in [-0.15, -0.1) is 0 Å². The van der Waals surface area contributed by atoms with Crippen molar-refractivity contribution in [2.75, 3.05) is 6.61 Å². The van der Waals surface area contributed by atoms with Gasteiger partial charge in [0.05, 0.1) is 5.69 Å². The van der Waals surface area contributed by atoms with Crippen molar-refractivity contribution < 1.29 is 23.7 Å². The smallest absolute Gasteiger partial charge is 0.191 e. The molecule has 8 nitrogen and oxygen atoms in total. The minimum absolute atomic E-state index is 0.157. The van der Waals surface area contributed by atoms with Crippen molar-refractivity contribution in [2.45, 2.75) is 109 Å². The molecule has 4 heterocycles. The highest BCUT2D eigenvalue weighted by Gasteiger charge is 2.58. The van der Waals surface area contributed by atoms with Crippen LogP contribution in [0, 0.1) is 6.92 Å². The summed E-state index contributed by atoms with van der Waals surface area (Å²) in [6.45, 7) is 17.7. The van der Waals surface area contributed by atoms with E-state index in [4.69, 9.17) is 30.2 Å². The fourth-order valence-corrected chi connectivity index (χ4v) is 6.73. The van der Waals surface area contributed by atoms with Crippen LogP contribution in [0.25, 0.3) is 11.0 Å². The molecule has 0 spiro atoms. The van der Waals surface area contributed by atoms with Crippen LogP contribution in [0.1, 0.15) is 70.2 Å². The summed E-state index contributed by atoms with van der Waals surface area (Å²) in [5, 5.41) is 13.6. The van der Waals surface area contributed by atoms with Crippen molar-refractivity contribution in [3.8, 4) is 0 Å². The first-order valence-electron chi connectivity index (χ1n) is 14.1. The molecule has 2 saturated heterocycles. The van der Waals surface area contributed by atoms with Crippen molar-refractivity contribution in [3.05, 3.63) is 58.6 Å². The molecule has 5 rings (SSSR count). The first-order chi connectivity index (χ1) is 18.7. The monoisotopic (exact) mass is 587 g/mol. The summed E-state index contributed by atoms with van der Waals surface area (Å²) in [4.78, 5) is 8.83. The highest BCUT2D eigenvalue weighted by atomic mass is 35.5. The van der Waals surface area contributed by atoms with Crippen LogP contribution >= 0.6 is 11.6 Å². The highest BCUT2D eigenvalue weighted by Crippen LogP contribution is 2.47. The fourth-order valence-electron chi connectivity index (χ4n) is 5.45. The Kier molecular flexibility index (Phi) is 7.97. The van der Waals surface area contributed by atoms with Crippen molar-refractivity contribution in [1.82, 2.24) is 14.5 Å². The van der Waals surface area contributed by atoms with E-state index in [0.29, 0.717) is 11.6 Å². The molecule has 10 heteroatoms. The van der Waals surface area contributed by atoms with E-state index in [1.54, 1.807) is 6.33 Å². The Morgan fingerprint density at radius 2 is 1.88 bits per heavy atom. The van der Waals surface area contributed by atoms with Crippen LogP contribution < -0.4 is 0 Å². The van der Waals surface area contributed by atoms with Crippen LogP contribution in [0.5, 0.6) is 0 Å². The topological polar surface area (TPSA) is 87.9 Å². The van der Waals surface area contributed by atoms with E-state index in [2.05, 4.69) is 43.8 Å². The SMILES string of the molecule is Cc1ncnc2c1ccn2[C@@H]1O[C@H]([C@H](O)c2ccc(Cl)cc2CCCO[Si](C)(C)C(C)(C)C)[C@H]2OC(C)(C)O[C@H]21. The standard InChI is InChI=1S/C30H42ClN3O5Si/c1-18-21-13-14-34(27(21)33-17-32-18)28-26-25(38-30(5,6)39-26)24(37-28)23(35)22-12-11-20(31)16-19(22)10-9-15-36-40(7,8)29(2,3)4/h11-14,16-17,23-26,28,35H,9-10,15H2,1-8H3/t23-,24-,25-,26-,28-/m1/s1. The average molecular weight is 588 g/mol. The Balaban J connectivity index is 1.39. The van der Waals surface area contributed by atoms with Crippen molar-refractivity contribution >= 4 is 31.0 Å². The molecule has 0 aliphatic carbocycles.